The summed E-state index contributed by atoms with van der Waals surface area (Å²) in [6, 6.07) is 19.9. The van der Waals surface area contributed by atoms with E-state index in [1.54, 1.807) is 0 Å². The Labute approximate surface area is 123 Å². The highest BCUT2D eigenvalue weighted by Gasteiger charge is 2.13. The molecule has 1 unspecified atom stereocenters. The average Bonchev–Trinajstić information content (AvgIpc) is 2.49. The maximum atomic E-state index is 3.27. The van der Waals surface area contributed by atoms with E-state index in [2.05, 4.69) is 73.8 Å². The van der Waals surface area contributed by atoms with Crippen molar-refractivity contribution >= 4 is 0 Å². The summed E-state index contributed by atoms with van der Waals surface area (Å²) in [6.07, 6.45) is 1.13. The van der Waals surface area contributed by atoms with E-state index in [4.69, 9.17) is 0 Å². The van der Waals surface area contributed by atoms with Crippen LogP contribution in [0.2, 0.25) is 0 Å². The van der Waals surface area contributed by atoms with Crippen molar-refractivity contribution < 1.29 is 0 Å². The van der Waals surface area contributed by atoms with Gasteiger partial charge in [0, 0.05) is 5.92 Å². The first-order chi connectivity index (χ1) is 9.72. The molecule has 0 spiro atoms. The number of hydrogen-bond donors (Lipinski definition) is 1. The van der Waals surface area contributed by atoms with Crippen LogP contribution in [0, 0.1) is 0 Å². The first kappa shape index (κ1) is 14.8. The first-order valence-corrected chi connectivity index (χ1v) is 7.51. The topological polar surface area (TPSA) is 12.0 Å². The van der Waals surface area contributed by atoms with E-state index in [-0.39, 0.29) is 0 Å². The zero-order valence-electron chi connectivity index (χ0n) is 12.8. The van der Waals surface area contributed by atoms with Crippen molar-refractivity contribution in [3.8, 4) is 0 Å². The maximum absolute atomic E-state index is 3.27. The predicted octanol–water partition coefficient (Wildman–Crippen LogP) is 4.55. The molecule has 20 heavy (non-hydrogen) atoms. The molecule has 1 atom stereocenters. The van der Waals surface area contributed by atoms with Crippen LogP contribution in [-0.4, -0.2) is 13.6 Å². The molecule has 0 amide bonds. The van der Waals surface area contributed by atoms with Crippen LogP contribution in [-0.2, 0) is 0 Å². The van der Waals surface area contributed by atoms with E-state index in [1.807, 2.05) is 7.05 Å². The maximum Gasteiger partial charge on any atom is 0.0101 e. The SMILES string of the molecule is CNCCC(c1ccccc1)c1ccc(C(C)C)cc1. The Morgan fingerprint density at radius 2 is 1.35 bits per heavy atom. The second-order valence-corrected chi connectivity index (χ2v) is 5.68. The zero-order valence-corrected chi connectivity index (χ0v) is 12.8. The van der Waals surface area contributed by atoms with Crippen molar-refractivity contribution in [1.82, 2.24) is 5.32 Å². The van der Waals surface area contributed by atoms with Crippen LogP contribution in [0.3, 0.4) is 0 Å². The van der Waals surface area contributed by atoms with Gasteiger partial charge in [0.25, 0.3) is 0 Å². The van der Waals surface area contributed by atoms with Crippen LogP contribution >= 0.6 is 0 Å². The third-order valence-corrected chi connectivity index (χ3v) is 3.89. The zero-order chi connectivity index (χ0) is 14.4. The van der Waals surface area contributed by atoms with Crippen LogP contribution in [0.15, 0.2) is 54.6 Å². The van der Waals surface area contributed by atoms with Crippen molar-refractivity contribution in [3.63, 3.8) is 0 Å². The minimum Gasteiger partial charge on any atom is -0.320 e. The van der Waals surface area contributed by atoms with E-state index in [9.17, 15) is 0 Å². The molecule has 1 nitrogen and oxygen atoms in total. The third-order valence-electron chi connectivity index (χ3n) is 3.89. The molecular weight excluding hydrogens is 242 g/mol. The number of benzene rings is 2. The van der Waals surface area contributed by atoms with E-state index in [0.717, 1.165) is 13.0 Å². The first-order valence-electron chi connectivity index (χ1n) is 7.51. The molecule has 0 radical (unpaired) electrons. The largest absolute Gasteiger partial charge is 0.320 e. The molecule has 106 valence electrons. The lowest BCUT2D eigenvalue weighted by molar-refractivity contribution is 0.661. The molecule has 0 fully saturated rings. The monoisotopic (exact) mass is 267 g/mol. The summed E-state index contributed by atoms with van der Waals surface area (Å²) >= 11 is 0. The standard InChI is InChI=1S/C19H25N/c1-15(2)16-9-11-18(12-10-16)19(13-14-20-3)17-7-5-4-6-8-17/h4-12,15,19-20H,13-14H2,1-3H3. The second kappa shape index (κ2) is 7.25. The number of nitrogens with one attached hydrogen (secondary N) is 1. The Balaban J connectivity index is 2.26. The molecule has 0 aliphatic carbocycles. The summed E-state index contributed by atoms with van der Waals surface area (Å²) in [5.41, 5.74) is 4.23. The molecule has 1 heteroatoms. The van der Waals surface area contributed by atoms with Gasteiger partial charge in [-0.2, -0.15) is 0 Å². The van der Waals surface area contributed by atoms with Gasteiger partial charge in [-0.1, -0.05) is 68.4 Å². The van der Waals surface area contributed by atoms with Crippen LogP contribution < -0.4 is 5.32 Å². The molecule has 0 heterocycles. The van der Waals surface area contributed by atoms with Crippen LogP contribution in [0.5, 0.6) is 0 Å². The second-order valence-electron chi connectivity index (χ2n) is 5.68. The molecule has 2 aromatic rings. The molecule has 0 aliphatic rings. The highest BCUT2D eigenvalue weighted by molar-refractivity contribution is 5.34. The summed E-state index contributed by atoms with van der Waals surface area (Å²) < 4.78 is 0. The lowest BCUT2D eigenvalue weighted by Crippen LogP contribution is -2.13. The van der Waals surface area contributed by atoms with Gasteiger partial charge < -0.3 is 5.32 Å². The fourth-order valence-electron chi connectivity index (χ4n) is 2.61. The molecule has 0 saturated carbocycles. The normalized spacial score (nSPS) is 12.6. The predicted molar refractivity (Wildman–Crippen MR) is 87.4 cm³/mol. The Kier molecular flexibility index (Phi) is 5.37. The molecule has 2 aromatic carbocycles. The summed E-state index contributed by atoms with van der Waals surface area (Å²) in [5.74, 6) is 1.07. The van der Waals surface area contributed by atoms with E-state index in [0.29, 0.717) is 11.8 Å². The van der Waals surface area contributed by atoms with Crippen molar-refractivity contribution in [1.29, 1.82) is 0 Å². The van der Waals surface area contributed by atoms with E-state index < -0.39 is 0 Å². The van der Waals surface area contributed by atoms with Crippen LogP contribution in [0.1, 0.15) is 48.8 Å². The summed E-state index contributed by atoms with van der Waals surface area (Å²) in [5, 5.41) is 3.27. The van der Waals surface area contributed by atoms with Crippen molar-refractivity contribution in [2.24, 2.45) is 0 Å². The molecule has 2 rings (SSSR count). The summed E-state index contributed by atoms with van der Waals surface area (Å²) in [7, 11) is 2.02. The number of rotatable bonds is 6. The third kappa shape index (κ3) is 3.71. The molecule has 0 aromatic heterocycles. The van der Waals surface area contributed by atoms with Gasteiger partial charge in [-0.15, -0.1) is 0 Å². The fraction of sp³-hybridized carbons (Fsp3) is 0.368. The van der Waals surface area contributed by atoms with Gasteiger partial charge in [0.1, 0.15) is 0 Å². The lowest BCUT2D eigenvalue weighted by Gasteiger charge is -2.19. The minimum atomic E-state index is 0.477. The molecule has 0 aliphatic heterocycles. The number of hydrogen-bond acceptors (Lipinski definition) is 1. The van der Waals surface area contributed by atoms with Crippen LogP contribution in [0.4, 0.5) is 0 Å². The Bertz CT molecular complexity index is 499. The van der Waals surface area contributed by atoms with Crippen molar-refractivity contribution in [2.45, 2.75) is 32.1 Å². The minimum absolute atomic E-state index is 0.477. The van der Waals surface area contributed by atoms with Crippen molar-refractivity contribution in [3.05, 3.63) is 71.3 Å². The smallest absolute Gasteiger partial charge is 0.0101 e. The van der Waals surface area contributed by atoms with Gasteiger partial charge in [0.05, 0.1) is 0 Å². The Morgan fingerprint density at radius 3 is 1.90 bits per heavy atom. The molecule has 1 N–H and O–H groups in total. The lowest BCUT2D eigenvalue weighted by atomic mass is 9.87. The molecular formula is C19H25N. The van der Waals surface area contributed by atoms with Gasteiger partial charge in [0.15, 0.2) is 0 Å². The highest BCUT2D eigenvalue weighted by Crippen LogP contribution is 2.28. The Morgan fingerprint density at radius 1 is 0.800 bits per heavy atom. The van der Waals surface area contributed by atoms with E-state index in [1.165, 1.54) is 16.7 Å². The van der Waals surface area contributed by atoms with Crippen LogP contribution in [0.25, 0.3) is 0 Å². The quantitative estimate of drug-likeness (QED) is 0.809. The summed E-state index contributed by atoms with van der Waals surface area (Å²) in [6.45, 7) is 5.51. The van der Waals surface area contributed by atoms with Gasteiger partial charge in [-0.05, 0) is 42.6 Å². The molecule has 0 bridgehead atoms. The van der Waals surface area contributed by atoms with Gasteiger partial charge in [-0.3, -0.25) is 0 Å². The van der Waals surface area contributed by atoms with E-state index >= 15 is 0 Å². The van der Waals surface area contributed by atoms with Gasteiger partial charge in [0.2, 0.25) is 0 Å². The summed E-state index contributed by atoms with van der Waals surface area (Å²) in [4.78, 5) is 0. The van der Waals surface area contributed by atoms with Gasteiger partial charge in [-0.25, -0.2) is 0 Å². The molecule has 0 saturated heterocycles. The Hall–Kier alpha value is -1.60. The van der Waals surface area contributed by atoms with Gasteiger partial charge >= 0.3 is 0 Å². The average molecular weight is 267 g/mol. The highest BCUT2D eigenvalue weighted by atomic mass is 14.8. The fourth-order valence-corrected chi connectivity index (χ4v) is 2.61. The van der Waals surface area contributed by atoms with Crippen molar-refractivity contribution in [2.75, 3.05) is 13.6 Å².